The second kappa shape index (κ2) is 8.98. The third kappa shape index (κ3) is 5.93. The van der Waals surface area contributed by atoms with E-state index in [1.807, 2.05) is 0 Å². The van der Waals surface area contributed by atoms with Gasteiger partial charge in [-0.3, -0.25) is 0 Å². The normalized spacial score (nSPS) is 11.1. The van der Waals surface area contributed by atoms with Gasteiger partial charge in [0.05, 0.1) is 0 Å². The highest BCUT2D eigenvalue weighted by molar-refractivity contribution is 5.53. The van der Waals surface area contributed by atoms with Gasteiger partial charge in [-0.25, -0.2) is 0 Å². The molecule has 0 saturated heterocycles. The summed E-state index contributed by atoms with van der Waals surface area (Å²) in [5, 5.41) is 3.49. The maximum absolute atomic E-state index is 5.11. The van der Waals surface area contributed by atoms with Crippen molar-refractivity contribution in [2.45, 2.75) is 33.7 Å². The Balaban J connectivity index is 2.54. The molecule has 3 nitrogen and oxygen atoms in total. The topological polar surface area (TPSA) is 24.5 Å². The van der Waals surface area contributed by atoms with Crippen molar-refractivity contribution in [2.75, 3.05) is 38.8 Å². The van der Waals surface area contributed by atoms with Crippen molar-refractivity contribution < 1.29 is 4.74 Å². The summed E-state index contributed by atoms with van der Waals surface area (Å²) in [6.45, 7) is 10.5. The maximum atomic E-state index is 5.11. The Hall–Kier alpha value is -1.06. The van der Waals surface area contributed by atoms with Crippen LogP contribution in [0.15, 0.2) is 18.2 Å². The first-order valence-corrected chi connectivity index (χ1v) is 7.55. The maximum Gasteiger partial charge on any atom is 0.0479 e. The van der Waals surface area contributed by atoms with E-state index in [2.05, 4.69) is 56.2 Å². The van der Waals surface area contributed by atoms with Crippen LogP contribution >= 0.6 is 0 Å². The molecule has 0 aliphatic heterocycles. The van der Waals surface area contributed by atoms with Gasteiger partial charge in [-0.05, 0) is 43.0 Å². The molecule has 1 rings (SSSR count). The van der Waals surface area contributed by atoms with Gasteiger partial charge in [-0.1, -0.05) is 26.0 Å². The molecule has 1 N–H and O–H groups in total. The number of nitrogens with zero attached hydrogens (tertiary/aromatic N) is 1. The fourth-order valence-electron chi connectivity index (χ4n) is 2.33. The molecule has 0 aliphatic rings. The summed E-state index contributed by atoms with van der Waals surface area (Å²) < 4.78 is 5.11. The van der Waals surface area contributed by atoms with Crippen molar-refractivity contribution in [1.82, 2.24) is 5.32 Å². The van der Waals surface area contributed by atoms with Gasteiger partial charge in [0, 0.05) is 39.5 Å². The number of hydrogen-bond acceptors (Lipinski definition) is 3. The summed E-state index contributed by atoms with van der Waals surface area (Å²) in [6.07, 6.45) is 1.06. The molecule has 0 aromatic heterocycles. The highest BCUT2D eigenvalue weighted by Crippen LogP contribution is 2.20. The molecule has 0 amide bonds. The summed E-state index contributed by atoms with van der Waals surface area (Å²) in [6, 6.07) is 6.74. The summed E-state index contributed by atoms with van der Waals surface area (Å²) in [5.41, 5.74) is 4.01. The molecule has 0 spiro atoms. The quantitative estimate of drug-likeness (QED) is 0.702. The lowest BCUT2D eigenvalue weighted by Gasteiger charge is -2.22. The van der Waals surface area contributed by atoms with E-state index >= 15 is 0 Å². The Morgan fingerprint density at radius 3 is 2.65 bits per heavy atom. The van der Waals surface area contributed by atoms with Crippen LogP contribution in [0.2, 0.25) is 0 Å². The Bertz CT molecular complexity index is 391. The number of nitrogens with one attached hydrogen (secondary N) is 1. The molecule has 0 saturated carbocycles. The van der Waals surface area contributed by atoms with Gasteiger partial charge in [0.15, 0.2) is 0 Å². The van der Waals surface area contributed by atoms with Crippen molar-refractivity contribution in [1.29, 1.82) is 0 Å². The van der Waals surface area contributed by atoms with Gasteiger partial charge in [0.25, 0.3) is 0 Å². The highest BCUT2D eigenvalue weighted by Gasteiger charge is 2.05. The van der Waals surface area contributed by atoms with Gasteiger partial charge >= 0.3 is 0 Å². The van der Waals surface area contributed by atoms with Crippen LogP contribution in [0.25, 0.3) is 0 Å². The number of ether oxygens (including phenoxy) is 1. The number of aryl methyl sites for hydroxylation is 1. The molecule has 0 unspecified atom stereocenters. The molecule has 1 aromatic rings. The highest BCUT2D eigenvalue weighted by atomic mass is 16.5. The van der Waals surface area contributed by atoms with Gasteiger partial charge in [0.2, 0.25) is 0 Å². The van der Waals surface area contributed by atoms with E-state index in [1.54, 1.807) is 7.11 Å². The zero-order valence-electron chi connectivity index (χ0n) is 13.7. The minimum absolute atomic E-state index is 0.697. The van der Waals surface area contributed by atoms with Crippen LogP contribution in [-0.4, -0.2) is 33.9 Å². The van der Waals surface area contributed by atoms with E-state index < -0.39 is 0 Å². The number of anilines is 1. The molecule has 0 heterocycles. The average molecular weight is 278 g/mol. The predicted octanol–water partition coefficient (Wildman–Crippen LogP) is 3.21. The Morgan fingerprint density at radius 1 is 1.30 bits per heavy atom. The fourth-order valence-corrected chi connectivity index (χ4v) is 2.33. The number of methoxy groups -OCH3 is 1. The van der Waals surface area contributed by atoms with E-state index in [4.69, 9.17) is 4.74 Å². The monoisotopic (exact) mass is 278 g/mol. The van der Waals surface area contributed by atoms with Crippen LogP contribution in [0.3, 0.4) is 0 Å². The summed E-state index contributed by atoms with van der Waals surface area (Å²) in [4.78, 5) is 2.31. The molecule has 0 atom stereocenters. The van der Waals surface area contributed by atoms with E-state index in [-0.39, 0.29) is 0 Å². The van der Waals surface area contributed by atoms with Crippen molar-refractivity contribution >= 4 is 5.69 Å². The van der Waals surface area contributed by atoms with Gasteiger partial charge in [-0.15, -0.1) is 0 Å². The lowest BCUT2D eigenvalue weighted by molar-refractivity contribution is 0.196. The second-order valence-electron chi connectivity index (χ2n) is 5.91. The van der Waals surface area contributed by atoms with Crippen molar-refractivity contribution in [2.24, 2.45) is 5.92 Å². The van der Waals surface area contributed by atoms with Crippen LogP contribution in [0, 0.1) is 12.8 Å². The Labute approximate surface area is 124 Å². The number of rotatable bonds is 9. The number of benzene rings is 1. The lowest BCUT2D eigenvalue weighted by atomic mass is 10.1. The smallest absolute Gasteiger partial charge is 0.0479 e. The van der Waals surface area contributed by atoms with E-state index in [1.165, 1.54) is 16.8 Å². The third-order valence-electron chi connectivity index (χ3n) is 3.40. The first-order valence-electron chi connectivity index (χ1n) is 7.55. The third-order valence-corrected chi connectivity index (χ3v) is 3.40. The van der Waals surface area contributed by atoms with E-state index in [0.29, 0.717) is 5.92 Å². The predicted molar refractivity (Wildman–Crippen MR) is 87.5 cm³/mol. The minimum Gasteiger partial charge on any atom is -0.385 e. The molecule has 0 radical (unpaired) electrons. The molecule has 1 aromatic carbocycles. The van der Waals surface area contributed by atoms with Gasteiger partial charge in [0.1, 0.15) is 0 Å². The summed E-state index contributed by atoms with van der Waals surface area (Å²) >= 11 is 0. The van der Waals surface area contributed by atoms with Crippen molar-refractivity contribution in [3.05, 3.63) is 29.3 Å². The standard InChI is InChI=1S/C17H30N2O/c1-14(2)12-18-13-16-7-8-17(15(3)11-16)19(4)9-6-10-20-5/h7-8,11,14,18H,6,9-10,12-13H2,1-5H3. The molecule has 0 fully saturated rings. The van der Waals surface area contributed by atoms with Crippen LogP contribution in [0.1, 0.15) is 31.4 Å². The average Bonchev–Trinajstić information content (AvgIpc) is 2.38. The second-order valence-corrected chi connectivity index (χ2v) is 5.91. The zero-order chi connectivity index (χ0) is 15.0. The summed E-state index contributed by atoms with van der Waals surface area (Å²) in [7, 11) is 3.90. The van der Waals surface area contributed by atoms with E-state index in [9.17, 15) is 0 Å². The lowest BCUT2D eigenvalue weighted by Crippen LogP contribution is -2.21. The molecule has 0 bridgehead atoms. The first kappa shape index (κ1) is 17.0. The van der Waals surface area contributed by atoms with Gasteiger partial charge < -0.3 is 15.0 Å². The molecule has 0 aliphatic carbocycles. The molecule has 114 valence electrons. The minimum atomic E-state index is 0.697. The largest absolute Gasteiger partial charge is 0.385 e. The van der Waals surface area contributed by atoms with Gasteiger partial charge in [-0.2, -0.15) is 0 Å². The zero-order valence-corrected chi connectivity index (χ0v) is 13.7. The molecule has 3 heteroatoms. The fraction of sp³-hybridized carbons (Fsp3) is 0.647. The number of hydrogen-bond donors (Lipinski definition) is 1. The molecular formula is C17H30N2O. The summed E-state index contributed by atoms with van der Waals surface area (Å²) in [5.74, 6) is 0.697. The molecular weight excluding hydrogens is 248 g/mol. The van der Waals surface area contributed by atoms with Crippen molar-refractivity contribution in [3.63, 3.8) is 0 Å². The molecule has 20 heavy (non-hydrogen) atoms. The van der Waals surface area contributed by atoms with Crippen molar-refractivity contribution in [3.8, 4) is 0 Å². The SMILES string of the molecule is COCCCN(C)c1ccc(CNCC(C)C)cc1C. The Kier molecular flexibility index (Phi) is 7.63. The first-order chi connectivity index (χ1) is 9.54. The van der Waals surface area contributed by atoms with Crippen LogP contribution < -0.4 is 10.2 Å². The Morgan fingerprint density at radius 2 is 2.05 bits per heavy atom. The van der Waals surface area contributed by atoms with Crippen LogP contribution in [-0.2, 0) is 11.3 Å². The van der Waals surface area contributed by atoms with E-state index in [0.717, 1.165) is 32.7 Å². The van der Waals surface area contributed by atoms with Crippen LogP contribution in [0.4, 0.5) is 5.69 Å². The van der Waals surface area contributed by atoms with Crippen LogP contribution in [0.5, 0.6) is 0 Å².